The Morgan fingerprint density at radius 2 is 1.83 bits per heavy atom. The molecule has 0 saturated carbocycles. The summed E-state index contributed by atoms with van der Waals surface area (Å²) in [4.78, 5) is 9.60. The molecule has 0 bridgehead atoms. The van der Waals surface area contributed by atoms with E-state index in [1.165, 1.54) is 6.92 Å². The van der Waals surface area contributed by atoms with Gasteiger partial charge >= 0.3 is 5.97 Å². The van der Waals surface area contributed by atoms with Crippen LogP contribution in [0.2, 0.25) is 0 Å². The molecule has 0 rings (SSSR count). The highest BCUT2D eigenvalue weighted by atomic mass is 16.4. The number of hydrogen-bond donors (Lipinski definition) is 2. The predicted molar refractivity (Wildman–Crippen MR) is 49.0 cm³/mol. The van der Waals surface area contributed by atoms with Crippen molar-refractivity contribution in [2.24, 2.45) is 5.92 Å². The van der Waals surface area contributed by atoms with E-state index in [1.54, 1.807) is 0 Å². The van der Waals surface area contributed by atoms with Gasteiger partial charge in [-0.2, -0.15) is 0 Å². The summed E-state index contributed by atoms with van der Waals surface area (Å²) in [6, 6.07) is 0. The molecule has 0 aromatic rings. The van der Waals surface area contributed by atoms with Crippen LogP contribution in [0.4, 0.5) is 0 Å². The van der Waals surface area contributed by atoms with Crippen molar-refractivity contribution in [1.29, 1.82) is 0 Å². The lowest BCUT2D eigenvalue weighted by Gasteiger charge is -1.95. The van der Waals surface area contributed by atoms with E-state index in [-0.39, 0.29) is 5.57 Å². The van der Waals surface area contributed by atoms with Crippen LogP contribution < -0.4 is 0 Å². The molecule has 0 aliphatic rings. The maximum Gasteiger partial charge on any atom is 0.330 e. The van der Waals surface area contributed by atoms with Gasteiger partial charge in [0.05, 0.1) is 0 Å². The Kier molecular flexibility index (Phi) is 9.47. The second-order valence-electron chi connectivity index (χ2n) is 2.99. The molecule has 0 amide bonds. The van der Waals surface area contributed by atoms with Gasteiger partial charge in [0.15, 0.2) is 0 Å². The fourth-order valence-corrected chi connectivity index (χ4v) is 0.258. The number of aliphatic carboxylic acids is 1. The fraction of sp³-hybridized carbons (Fsp3) is 0.667. The highest BCUT2D eigenvalue weighted by Crippen LogP contribution is 1.94. The van der Waals surface area contributed by atoms with Crippen molar-refractivity contribution in [1.82, 2.24) is 0 Å². The molecule has 0 aliphatic heterocycles. The first-order valence-corrected chi connectivity index (χ1v) is 3.91. The second kappa shape index (κ2) is 8.27. The van der Waals surface area contributed by atoms with Crippen LogP contribution >= 0.6 is 0 Å². The van der Waals surface area contributed by atoms with Crippen molar-refractivity contribution in [2.75, 3.05) is 6.61 Å². The maximum absolute atomic E-state index is 9.60. The van der Waals surface area contributed by atoms with E-state index in [0.717, 1.165) is 6.42 Å². The van der Waals surface area contributed by atoms with Gasteiger partial charge in [-0.3, -0.25) is 0 Å². The topological polar surface area (TPSA) is 57.5 Å². The third-order valence-electron chi connectivity index (χ3n) is 1.07. The molecule has 0 atom stereocenters. The number of aliphatic hydroxyl groups excluding tert-OH is 1. The van der Waals surface area contributed by atoms with Crippen molar-refractivity contribution in [3.8, 4) is 0 Å². The van der Waals surface area contributed by atoms with Crippen molar-refractivity contribution >= 4 is 5.97 Å². The minimum Gasteiger partial charge on any atom is -0.478 e. The van der Waals surface area contributed by atoms with Gasteiger partial charge in [0, 0.05) is 12.2 Å². The third-order valence-corrected chi connectivity index (χ3v) is 1.07. The van der Waals surface area contributed by atoms with Gasteiger partial charge in [0.25, 0.3) is 0 Å². The number of rotatable bonds is 3. The van der Waals surface area contributed by atoms with Crippen molar-refractivity contribution in [3.63, 3.8) is 0 Å². The van der Waals surface area contributed by atoms with Gasteiger partial charge in [-0.1, -0.05) is 20.4 Å². The van der Waals surface area contributed by atoms with Gasteiger partial charge in [0.1, 0.15) is 0 Å². The molecule has 3 heteroatoms. The summed E-state index contributed by atoms with van der Waals surface area (Å²) in [7, 11) is 0. The van der Waals surface area contributed by atoms with E-state index in [9.17, 15) is 4.79 Å². The van der Waals surface area contributed by atoms with Crippen molar-refractivity contribution in [2.45, 2.75) is 27.2 Å². The maximum atomic E-state index is 9.60. The Morgan fingerprint density at radius 1 is 1.50 bits per heavy atom. The Morgan fingerprint density at radius 3 is 1.83 bits per heavy atom. The average Bonchev–Trinajstić information content (AvgIpc) is 1.87. The Bertz CT molecular complexity index is 127. The van der Waals surface area contributed by atoms with Gasteiger partial charge in [-0.05, 0) is 19.3 Å². The van der Waals surface area contributed by atoms with Crippen LogP contribution in [0.3, 0.4) is 0 Å². The average molecular weight is 174 g/mol. The first-order valence-electron chi connectivity index (χ1n) is 3.91. The van der Waals surface area contributed by atoms with Crippen molar-refractivity contribution < 1.29 is 15.0 Å². The first-order chi connectivity index (χ1) is 5.41. The molecule has 0 aromatic heterocycles. The van der Waals surface area contributed by atoms with Crippen LogP contribution in [0.25, 0.3) is 0 Å². The summed E-state index contributed by atoms with van der Waals surface area (Å²) in [6.07, 6.45) is 0.931. The number of aliphatic hydroxyl groups is 1. The molecule has 12 heavy (non-hydrogen) atoms. The highest BCUT2D eigenvalue weighted by Gasteiger charge is 1.90. The van der Waals surface area contributed by atoms with E-state index >= 15 is 0 Å². The van der Waals surface area contributed by atoms with Gasteiger partial charge in [-0.15, -0.1) is 0 Å². The molecular formula is C9H18O3. The highest BCUT2D eigenvalue weighted by molar-refractivity contribution is 5.84. The van der Waals surface area contributed by atoms with Crippen LogP contribution in [0.15, 0.2) is 12.2 Å². The Labute approximate surface area is 73.7 Å². The van der Waals surface area contributed by atoms with Crippen LogP contribution in [0.5, 0.6) is 0 Å². The number of hydrogen-bond acceptors (Lipinski definition) is 2. The third kappa shape index (κ3) is 16.1. The molecule has 0 aliphatic carbocycles. The van der Waals surface area contributed by atoms with E-state index in [2.05, 4.69) is 20.4 Å². The summed E-state index contributed by atoms with van der Waals surface area (Å²) in [5.41, 5.74) is 0.176. The van der Waals surface area contributed by atoms with Crippen LogP contribution in [0, 0.1) is 5.92 Å². The largest absolute Gasteiger partial charge is 0.478 e. The minimum atomic E-state index is -0.935. The molecule has 3 nitrogen and oxygen atoms in total. The molecular weight excluding hydrogens is 156 g/mol. The van der Waals surface area contributed by atoms with Crippen LogP contribution in [-0.4, -0.2) is 22.8 Å². The molecule has 0 unspecified atom stereocenters. The number of carboxylic acids is 1. The smallest absolute Gasteiger partial charge is 0.330 e. The minimum absolute atomic E-state index is 0.176. The molecule has 72 valence electrons. The summed E-state index contributed by atoms with van der Waals surface area (Å²) in [6.45, 7) is 9.12. The van der Waals surface area contributed by atoms with Gasteiger partial charge in [-0.25, -0.2) is 4.79 Å². The van der Waals surface area contributed by atoms with E-state index < -0.39 is 5.97 Å². The zero-order chi connectivity index (χ0) is 10.1. The standard InChI is InChI=1S/C5H12O.C4H6O2/c1-5(2)3-4-6;1-3(2)4(5)6/h5-6H,3-4H2,1-2H3;1H2,2H3,(H,5,6). The lowest BCUT2D eigenvalue weighted by molar-refractivity contribution is -0.132. The quantitative estimate of drug-likeness (QED) is 0.640. The summed E-state index contributed by atoms with van der Waals surface area (Å²) in [5.74, 6) is -0.287. The summed E-state index contributed by atoms with van der Waals surface area (Å²) < 4.78 is 0. The molecule has 0 spiro atoms. The molecule has 0 heterocycles. The fourth-order valence-electron chi connectivity index (χ4n) is 0.258. The SMILES string of the molecule is C=C(C)C(=O)O.CC(C)CCO. The number of carboxylic acid groups (broad SMARTS) is 1. The van der Waals surface area contributed by atoms with Crippen molar-refractivity contribution in [3.05, 3.63) is 12.2 Å². The molecule has 0 fully saturated rings. The lowest BCUT2D eigenvalue weighted by Crippen LogP contribution is -1.92. The predicted octanol–water partition coefficient (Wildman–Crippen LogP) is 1.67. The van der Waals surface area contributed by atoms with Crippen LogP contribution in [0.1, 0.15) is 27.2 Å². The van der Waals surface area contributed by atoms with Gasteiger partial charge < -0.3 is 10.2 Å². The lowest BCUT2D eigenvalue weighted by atomic mass is 10.2. The van der Waals surface area contributed by atoms with Crippen LogP contribution in [-0.2, 0) is 4.79 Å². The number of carbonyl (C=O) groups is 1. The Balaban J connectivity index is 0. The summed E-state index contributed by atoms with van der Waals surface area (Å²) >= 11 is 0. The molecule has 2 N–H and O–H groups in total. The molecule has 0 radical (unpaired) electrons. The summed E-state index contributed by atoms with van der Waals surface area (Å²) in [5, 5.41) is 16.1. The second-order valence-corrected chi connectivity index (χ2v) is 2.99. The van der Waals surface area contributed by atoms with E-state index in [1.807, 2.05) is 0 Å². The monoisotopic (exact) mass is 174 g/mol. The van der Waals surface area contributed by atoms with E-state index in [4.69, 9.17) is 10.2 Å². The first kappa shape index (κ1) is 13.7. The zero-order valence-electron chi connectivity index (χ0n) is 8.00. The molecule has 0 saturated heterocycles. The van der Waals surface area contributed by atoms with Gasteiger partial charge in [0.2, 0.25) is 0 Å². The Hall–Kier alpha value is -0.830. The molecule has 0 aromatic carbocycles. The zero-order valence-corrected chi connectivity index (χ0v) is 8.00. The normalized spacial score (nSPS) is 8.75. The van der Waals surface area contributed by atoms with E-state index in [0.29, 0.717) is 12.5 Å².